The van der Waals surface area contributed by atoms with Crippen molar-refractivity contribution in [3.63, 3.8) is 0 Å². The number of hydrogen-bond acceptors (Lipinski definition) is 3. The van der Waals surface area contributed by atoms with Gasteiger partial charge in [0, 0.05) is 12.5 Å². The zero-order valence-electron chi connectivity index (χ0n) is 7.40. The molecule has 0 bridgehead atoms. The van der Waals surface area contributed by atoms with Crippen molar-refractivity contribution in [2.24, 2.45) is 5.73 Å². The van der Waals surface area contributed by atoms with Gasteiger partial charge in [-0.2, -0.15) is 0 Å². The van der Waals surface area contributed by atoms with Crippen molar-refractivity contribution in [3.8, 4) is 0 Å². The number of aliphatic hydroxyl groups is 2. The Morgan fingerprint density at radius 2 is 2.25 bits per heavy atom. The van der Waals surface area contributed by atoms with E-state index in [-0.39, 0.29) is 12.6 Å². The molecular formula is C9H17NO2. The van der Waals surface area contributed by atoms with E-state index in [0.29, 0.717) is 18.6 Å². The Balaban J connectivity index is 3.62. The smallest absolute Gasteiger partial charge is 0.0919 e. The molecule has 0 amide bonds. The quantitative estimate of drug-likeness (QED) is 0.428. The number of hydrogen-bond donors (Lipinski definition) is 3. The second-order valence-corrected chi connectivity index (χ2v) is 2.62. The van der Waals surface area contributed by atoms with Gasteiger partial charge in [0.15, 0.2) is 0 Å². The molecule has 0 aromatic carbocycles. The normalized spacial score (nSPS) is 15.4. The summed E-state index contributed by atoms with van der Waals surface area (Å²) >= 11 is 0. The van der Waals surface area contributed by atoms with Crippen molar-refractivity contribution in [2.45, 2.75) is 25.8 Å². The van der Waals surface area contributed by atoms with Gasteiger partial charge in [0.05, 0.1) is 12.4 Å². The van der Waals surface area contributed by atoms with Crippen LogP contribution in [0.4, 0.5) is 0 Å². The van der Waals surface area contributed by atoms with Gasteiger partial charge >= 0.3 is 0 Å². The van der Waals surface area contributed by atoms with Gasteiger partial charge in [-0.05, 0) is 12.5 Å². The summed E-state index contributed by atoms with van der Waals surface area (Å²) in [6.07, 6.45) is 6.46. The molecule has 3 heteroatoms. The minimum atomic E-state index is -0.196. The van der Waals surface area contributed by atoms with E-state index < -0.39 is 0 Å². The first-order valence-electron chi connectivity index (χ1n) is 4.11. The summed E-state index contributed by atoms with van der Waals surface area (Å²) < 4.78 is 0. The number of allylic oxidation sites excluding steroid dienone is 3. The molecule has 0 rings (SSSR count). The molecule has 12 heavy (non-hydrogen) atoms. The fourth-order valence-electron chi connectivity index (χ4n) is 0.625. The topological polar surface area (TPSA) is 66.5 Å². The van der Waals surface area contributed by atoms with Crippen LogP contribution in [0.15, 0.2) is 24.0 Å². The van der Waals surface area contributed by atoms with Gasteiger partial charge in [0.2, 0.25) is 0 Å². The van der Waals surface area contributed by atoms with E-state index in [9.17, 15) is 0 Å². The molecule has 4 N–H and O–H groups in total. The van der Waals surface area contributed by atoms with Crippen LogP contribution in [0.3, 0.4) is 0 Å². The largest absolute Gasteiger partial charge is 0.512 e. The Morgan fingerprint density at radius 1 is 1.58 bits per heavy atom. The van der Waals surface area contributed by atoms with Crippen molar-refractivity contribution in [1.82, 2.24) is 0 Å². The first-order chi connectivity index (χ1) is 5.70. The van der Waals surface area contributed by atoms with Crippen LogP contribution >= 0.6 is 0 Å². The van der Waals surface area contributed by atoms with Crippen LogP contribution < -0.4 is 5.73 Å². The van der Waals surface area contributed by atoms with E-state index in [1.165, 1.54) is 0 Å². The Labute approximate surface area is 73.2 Å². The summed E-state index contributed by atoms with van der Waals surface area (Å²) in [6, 6.07) is -0.196. The van der Waals surface area contributed by atoms with Crippen molar-refractivity contribution in [1.29, 1.82) is 0 Å². The first-order valence-corrected chi connectivity index (χ1v) is 4.11. The van der Waals surface area contributed by atoms with Gasteiger partial charge < -0.3 is 15.9 Å². The molecule has 0 spiro atoms. The fourth-order valence-corrected chi connectivity index (χ4v) is 0.625. The second kappa shape index (κ2) is 6.88. The zero-order valence-corrected chi connectivity index (χ0v) is 7.40. The van der Waals surface area contributed by atoms with Crippen LogP contribution in [-0.4, -0.2) is 22.9 Å². The van der Waals surface area contributed by atoms with Gasteiger partial charge in [-0.1, -0.05) is 19.1 Å². The van der Waals surface area contributed by atoms with Gasteiger partial charge in [0.25, 0.3) is 0 Å². The van der Waals surface area contributed by atoms with Crippen LogP contribution in [0.5, 0.6) is 0 Å². The van der Waals surface area contributed by atoms with Crippen molar-refractivity contribution in [3.05, 3.63) is 24.0 Å². The Morgan fingerprint density at radius 3 is 2.75 bits per heavy atom. The Bertz CT molecular complexity index is 164. The van der Waals surface area contributed by atoms with Crippen LogP contribution in [-0.2, 0) is 0 Å². The molecule has 1 atom stereocenters. The maximum atomic E-state index is 9.01. The Hall–Kier alpha value is -0.800. The molecule has 0 fully saturated rings. The third kappa shape index (κ3) is 5.95. The molecule has 0 heterocycles. The maximum Gasteiger partial charge on any atom is 0.0919 e. The van der Waals surface area contributed by atoms with Crippen molar-refractivity contribution in [2.75, 3.05) is 6.61 Å². The lowest BCUT2D eigenvalue weighted by Crippen LogP contribution is -2.22. The molecule has 0 aromatic rings. The van der Waals surface area contributed by atoms with Gasteiger partial charge in [-0.25, -0.2) is 0 Å². The number of aliphatic hydroxyl groups excluding tert-OH is 2. The predicted molar refractivity (Wildman–Crippen MR) is 49.8 cm³/mol. The summed E-state index contributed by atoms with van der Waals surface area (Å²) in [5.41, 5.74) is 5.44. The summed E-state index contributed by atoms with van der Waals surface area (Å²) in [7, 11) is 0. The molecule has 0 radical (unpaired) electrons. The molecule has 0 saturated carbocycles. The lowest BCUT2D eigenvalue weighted by atomic mass is 10.2. The number of nitrogens with two attached hydrogens (primary N) is 1. The SMILES string of the molecule is CC/C(O)=C\C=C\C[C@H](N)CO. The summed E-state index contributed by atoms with van der Waals surface area (Å²) in [6.45, 7) is 1.87. The average molecular weight is 171 g/mol. The van der Waals surface area contributed by atoms with Gasteiger partial charge in [-0.3, -0.25) is 0 Å². The molecule has 0 aliphatic rings. The first kappa shape index (κ1) is 11.2. The maximum absolute atomic E-state index is 9.01. The highest BCUT2D eigenvalue weighted by atomic mass is 16.3. The molecular weight excluding hydrogens is 154 g/mol. The highest BCUT2D eigenvalue weighted by molar-refractivity contribution is 5.06. The van der Waals surface area contributed by atoms with E-state index in [4.69, 9.17) is 15.9 Å². The molecule has 70 valence electrons. The fraction of sp³-hybridized carbons (Fsp3) is 0.556. The second-order valence-electron chi connectivity index (χ2n) is 2.62. The van der Waals surface area contributed by atoms with Crippen LogP contribution in [0.25, 0.3) is 0 Å². The van der Waals surface area contributed by atoms with Crippen LogP contribution in [0.1, 0.15) is 19.8 Å². The molecule has 0 aromatic heterocycles. The highest BCUT2D eigenvalue weighted by Crippen LogP contribution is 1.95. The molecule has 0 saturated heterocycles. The minimum absolute atomic E-state index is 0.00614. The lowest BCUT2D eigenvalue weighted by molar-refractivity contribution is 0.266. The summed E-state index contributed by atoms with van der Waals surface area (Å²) in [5.74, 6) is 0.351. The van der Waals surface area contributed by atoms with Crippen LogP contribution in [0.2, 0.25) is 0 Å². The third-order valence-corrected chi connectivity index (χ3v) is 1.46. The average Bonchev–Trinajstić information content (AvgIpc) is 2.11. The van der Waals surface area contributed by atoms with E-state index in [0.717, 1.165) is 0 Å². The standard InChI is InChI=1S/C9H17NO2/c1-2-9(12)6-4-3-5-8(10)7-11/h3-4,6,8,11-12H,2,5,7,10H2,1H3/b4-3+,9-6+/t8-/m0/s1. The summed E-state index contributed by atoms with van der Waals surface area (Å²) in [4.78, 5) is 0. The van der Waals surface area contributed by atoms with E-state index >= 15 is 0 Å². The zero-order chi connectivity index (χ0) is 9.40. The van der Waals surface area contributed by atoms with E-state index in [1.54, 1.807) is 12.2 Å². The van der Waals surface area contributed by atoms with Gasteiger partial charge in [-0.15, -0.1) is 0 Å². The van der Waals surface area contributed by atoms with Crippen molar-refractivity contribution < 1.29 is 10.2 Å². The minimum Gasteiger partial charge on any atom is -0.512 e. The Kier molecular flexibility index (Phi) is 6.42. The monoisotopic (exact) mass is 171 g/mol. The predicted octanol–water partition coefficient (Wildman–Crippen LogP) is 1.10. The number of rotatable bonds is 5. The molecule has 0 unspecified atom stereocenters. The van der Waals surface area contributed by atoms with Crippen molar-refractivity contribution >= 4 is 0 Å². The van der Waals surface area contributed by atoms with Gasteiger partial charge in [0.1, 0.15) is 0 Å². The van der Waals surface area contributed by atoms with E-state index in [2.05, 4.69) is 0 Å². The van der Waals surface area contributed by atoms with E-state index in [1.807, 2.05) is 13.0 Å². The third-order valence-electron chi connectivity index (χ3n) is 1.46. The molecule has 0 aliphatic heterocycles. The summed E-state index contributed by atoms with van der Waals surface area (Å²) in [5, 5.41) is 17.6. The highest BCUT2D eigenvalue weighted by Gasteiger charge is 1.93. The molecule has 0 aliphatic carbocycles. The molecule has 3 nitrogen and oxygen atoms in total. The lowest BCUT2D eigenvalue weighted by Gasteiger charge is -2.01. The van der Waals surface area contributed by atoms with Crippen LogP contribution in [0, 0.1) is 0 Å².